The van der Waals surface area contributed by atoms with Gasteiger partial charge in [0.25, 0.3) is 0 Å². The molecule has 90 valence electrons. The molecule has 0 aromatic heterocycles. The van der Waals surface area contributed by atoms with Crippen LogP contribution in [0.15, 0.2) is 0 Å². The third-order valence-electron chi connectivity index (χ3n) is 3.22. The Balaban J connectivity index is 2.42. The van der Waals surface area contributed by atoms with Crippen LogP contribution < -0.4 is 5.32 Å². The van der Waals surface area contributed by atoms with E-state index in [2.05, 4.69) is 44.2 Å². The summed E-state index contributed by atoms with van der Waals surface area (Å²) >= 11 is 1.97. The minimum Gasteiger partial charge on any atom is -0.311 e. The van der Waals surface area contributed by atoms with Gasteiger partial charge in [-0.3, -0.25) is 4.90 Å². The summed E-state index contributed by atoms with van der Waals surface area (Å²) in [5.74, 6) is 0. The molecule has 0 spiro atoms. The van der Waals surface area contributed by atoms with Gasteiger partial charge < -0.3 is 5.32 Å². The molecule has 1 heterocycles. The van der Waals surface area contributed by atoms with E-state index in [1.807, 2.05) is 11.8 Å². The third kappa shape index (κ3) is 4.33. The maximum absolute atomic E-state index is 3.63. The maximum atomic E-state index is 3.63. The Hall–Kier alpha value is 0.270. The molecule has 0 aromatic rings. The zero-order chi connectivity index (χ0) is 11.5. The van der Waals surface area contributed by atoms with Crippen LogP contribution in [-0.4, -0.2) is 48.6 Å². The largest absolute Gasteiger partial charge is 0.311 e. The minimum absolute atomic E-state index is 0.376. The molecule has 0 radical (unpaired) electrons. The van der Waals surface area contributed by atoms with Crippen LogP contribution in [0.2, 0.25) is 0 Å². The Morgan fingerprint density at radius 3 is 2.67 bits per heavy atom. The van der Waals surface area contributed by atoms with Crippen molar-refractivity contribution in [3.63, 3.8) is 0 Å². The van der Waals surface area contributed by atoms with Crippen molar-refractivity contribution in [2.45, 2.75) is 39.0 Å². The fraction of sp³-hybridized carbons (Fsp3) is 1.00. The van der Waals surface area contributed by atoms with E-state index in [-0.39, 0.29) is 0 Å². The van der Waals surface area contributed by atoms with Crippen molar-refractivity contribution in [2.75, 3.05) is 32.4 Å². The Bertz CT molecular complexity index is 189. The molecule has 1 saturated heterocycles. The van der Waals surface area contributed by atoms with Crippen molar-refractivity contribution in [3.8, 4) is 0 Å². The summed E-state index contributed by atoms with van der Waals surface area (Å²) in [5, 5.41) is 4.39. The lowest BCUT2D eigenvalue weighted by atomic mass is 9.85. The van der Waals surface area contributed by atoms with Crippen molar-refractivity contribution in [1.82, 2.24) is 10.2 Å². The van der Waals surface area contributed by atoms with Crippen LogP contribution in [-0.2, 0) is 0 Å². The molecular formula is C12H26N2S. The predicted molar refractivity (Wildman–Crippen MR) is 70.7 cm³/mol. The first kappa shape index (κ1) is 13.3. The Kier molecular flexibility index (Phi) is 4.94. The highest BCUT2D eigenvalue weighted by atomic mass is 32.2. The second-order valence-corrected chi connectivity index (χ2v) is 6.95. The van der Waals surface area contributed by atoms with Crippen LogP contribution in [0.4, 0.5) is 0 Å². The lowest BCUT2D eigenvalue weighted by Crippen LogP contribution is -2.56. The SMILES string of the molecule is CSC(C)CN1CCNC(C(C)(C)C)C1. The normalized spacial score (nSPS) is 26.6. The molecule has 0 aliphatic carbocycles. The molecule has 1 aliphatic heterocycles. The molecule has 0 bridgehead atoms. The number of thioether (sulfide) groups is 1. The monoisotopic (exact) mass is 230 g/mol. The van der Waals surface area contributed by atoms with Gasteiger partial charge in [-0.05, 0) is 11.7 Å². The van der Waals surface area contributed by atoms with E-state index in [1.165, 1.54) is 19.6 Å². The lowest BCUT2D eigenvalue weighted by Gasteiger charge is -2.41. The van der Waals surface area contributed by atoms with Gasteiger partial charge >= 0.3 is 0 Å². The summed E-state index contributed by atoms with van der Waals surface area (Å²) in [5.41, 5.74) is 0.376. The first-order valence-electron chi connectivity index (χ1n) is 5.92. The summed E-state index contributed by atoms with van der Waals surface area (Å²) in [4.78, 5) is 2.60. The van der Waals surface area contributed by atoms with Gasteiger partial charge in [-0.2, -0.15) is 11.8 Å². The quantitative estimate of drug-likeness (QED) is 0.799. The molecule has 0 amide bonds. The number of nitrogens with one attached hydrogen (secondary N) is 1. The number of hydrogen-bond donors (Lipinski definition) is 1. The first-order valence-corrected chi connectivity index (χ1v) is 7.21. The molecule has 2 atom stereocenters. The predicted octanol–water partition coefficient (Wildman–Crippen LogP) is 2.06. The van der Waals surface area contributed by atoms with Gasteiger partial charge in [0.05, 0.1) is 0 Å². The van der Waals surface area contributed by atoms with Crippen LogP contribution in [0.1, 0.15) is 27.7 Å². The molecule has 2 nitrogen and oxygen atoms in total. The van der Waals surface area contributed by atoms with E-state index in [9.17, 15) is 0 Å². The third-order valence-corrected chi connectivity index (χ3v) is 4.18. The average molecular weight is 230 g/mol. The molecule has 0 aromatic carbocycles. The van der Waals surface area contributed by atoms with Gasteiger partial charge in [-0.25, -0.2) is 0 Å². The minimum atomic E-state index is 0.376. The lowest BCUT2D eigenvalue weighted by molar-refractivity contribution is 0.136. The molecule has 1 rings (SSSR count). The van der Waals surface area contributed by atoms with Crippen LogP contribution in [0.25, 0.3) is 0 Å². The number of hydrogen-bond acceptors (Lipinski definition) is 3. The molecule has 2 unspecified atom stereocenters. The fourth-order valence-electron chi connectivity index (χ4n) is 1.99. The van der Waals surface area contributed by atoms with Gasteiger partial charge in [0.2, 0.25) is 0 Å². The molecule has 1 fully saturated rings. The van der Waals surface area contributed by atoms with E-state index >= 15 is 0 Å². The molecule has 15 heavy (non-hydrogen) atoms. The zero-order valence-corrected chi connectivity index (χ0v) is 11.7. The van der Waals surface area contributed by atoms with E-state index in [4.69, 9.17) is 0 Å². The van der Waals surface area contributed by atoms with Gasteiger partial charge in [0, 0.05) is 37.5 Å². The van der Waals surface area contributed by atoms with Crippen LogP contribution >= 0.6 is 11.8 Å². The molecule has 0 saturated carbocycles. The second-order valence-electron chi connectivity index (χ2n) is 5.68. The Morgan fingerprint density at radius 2 is 2.13 bits per heavy atom. The summed E-state index contributed by atoms with van der Waals surface area (Å²) in [6, 6.07) is 0.639. The molecular weight excluding hydrogens is 204 g/mol. The van der Waals surface area contributed by atoms with E-state index in [0.29, 0.717) is 11.5 Å². The van der Waals surface area contributed by atoms with Crippen molar-refractivity contribution < 1.29 is 0 Å². The molecule has 1 N–H and O–H groups in total. The summed E-state index contributed by atoms with van der Waals surface area (Å²) in [6.07, 6.45) is 2.20. The van der Waals surface area contributed by atoms with Crippen LogP contribution in [0.5, 0.6) is 0 Å². The average Bonchev–Trinajstić information content (AvgIpc) is 2.17. The summed E-state index contributed by atoms with van der Waals surface area (Å²) in [7, 11) is 0. The molecule has 1 aliphatic rings. The van der Waals surface area contributed by atoms with E-state index in [1.54, 1.807) is 0 Å². The topological polar surface area (TPSA) is 15.3 Å². The maximum Gasteiger partial charge on any atom is 0.0244 e. The van der Waals surface area contributed by atoms with Gasteiger partial charge in [-0.1, -0.05) is 27.7 Å². The molecule has 3 heteroatoms. The highest BCUT2D eigenvalue weighted by molar-refractivity contribution is 7.99. The fourth-order valence-corrected chi connectivity index (χ4v) is 2.35. The first-order chi connectivity index (χ1) is 6.93. The Labute approximate surface area is 99.2 Å². The standard InChI is InChI=1S/C12H26N2S/c1-10(15-5)8-14-7-6-13-11(9-14)12(2,3)4/h10-11,13H,6-9H2,1-5H3. The summed E-state index contributed by atoms with van der Waals surface area (Å²) in [6.45, 7) is 14.1. The second kappa shape index (κ2) is 5.55. The van der Waals surface area contributed by atoms with Crippen molar-refractivity contribution in [1.29, 1.82) is 0 Å². The zero-order valence-electron chi connectivity index (χ0n) is 10.8. The smallest absolute Gasteiger partial charge is 0.0244 e. The van der Waals surface area contributed by atoms with E-state index in [0.717, 1.165) is 11.8 Å². The van der Waals surface area contributed by atoms with Crippen LogP contribution in [0.3, 0.4) is 0 Å². The number of rotatable bonds is 3. The van der Waals surface area contributed by atoms with Crippen molar-refractivity contribution in [2.24, 2.45) is 5.41 Å². The van der Waals surface area contributed by atoms with Gasteiger partial charge in [-0.15, -0.1) is 0 Å². The van der Waals surface area contributed by atoms with Gasteiger partial charge in [0.15, 0.2) is 0 Å². The van der Waals surface area contributed by atoms with Gasteiger partial charge in [0.1, 0.15) is 0 Å². The Morgan fingerprint density at radius 1 is 1.47 bits per heavy atom. The van der Waals surface area contributed by atoms with Crippen molar-refractivity contribution >= 4 is 11.8 Å². The number of nitrogens with zero attached hydrogens (tertiary/aromatic N) is 1. The number of piperazine rings is 1. The van der Waals surface area contributed by atoms with Crippen molar-refractivity contribution in [3.05, 3.63) is 0 Å². The highest BCUT2D eigenvalue weighted by Crippen LogP contribution is 2.22. The van der Waals surface area contributed by atoms with E-state index < -0.39 is 0 Å². The summed E-state index contributed by atoms with van der Waals surface area (Å²) < 4.78 is 0. The highest BCUT2D eigenvalue weighted by Gasteiger charge is 2.29. The van der Waals surface area contributed by atoms with Crippen LogP contribution in [0, 0.1) is 5.41 Å².